The van der Waals surface area contributed by atoms with Gasteiger partial charge in [-0.25, -0.2) is 0 Å². The molecule has 98 valence electrons. The molecule has 3 nitrogen and oxygen atoms in total. The van der Waals surface area contributed by atoms with Crippen molar-refractivity contribution in [3.8, 4) is 5.75 Å². The fraction of sp³-hybridized carbons (Fsp3) is 0.429. The van der Waals surface area contributed by atoms with Crippen LogP contribution in [0.3, 0.4) is 0 Å². The summed E-state index contributed by atoms with van der Waals surface area (Å²) in [5.74, 6) is 0.882. The molecule has 0 aromatic heterocycles. The fourth-order valence-corrected chi connectivity index (χ4v) is 2.04. The third kappa shape index (κ3) is 3.73. The molecule has 1 heterocycles. The van der Waals surface area contributed by atoms with Crippen molar-refractivity contribution in [3.05, 3.63) is 34.4 Å². The summed E-state index contributed by atoms with van der Waals surface area (Å²) in [5, 5.41) is 13.2. The second-order valence-corrected chi connectivity index (χ2v) is 5.02. The van der Waals surface area contributed by atoms with Crippen LogP contribution in [0.4, 0.5) is 0 Å². The zero-order valence-corrected chi connectivity index (χ0v) is 11.2. The fourth-order valence-electron chi connectivity index (χ4n) is 1.86. The molecule has 1 aromatic rings. The minimum absolute atomic E-state index is 0.256. The van der Waals surface area contributed by atoms with E-state index in [1.54, 1.807) is 6.92 Å². The van der Waals surface area contributed by atoms with Crippen LogP contribution in [0.5, 0.6) is 5.75 Å². The van der Waals surface area contributed by atoms with Gasteiger partial charge in [0, 0.05) is 17.1 Å². The lowest BCUT2D eigenvalue weighted by atomic mass is 10.1. The first-order valence-corrected chi connectivity index (χ1v) is 6.53. The molecule has 0 bridgehead atoms. The van der Waals surface area contributed by atoms with Gasteiger partial charge in [-0.1, -0.05) is 11.6 Å². The number of halogens is 1. The summed E-state index contributed by atoms with van der Waals surface area (Å²) in [6, 6.07) is 5.64. The van der Waals surface area contributed by atoms with Gasteiger partial charge in [-0.2, -0.15) is 0 Å². The number of hydrogen-bond acceptors (Lipinski definition) is 3. The van der Waals surface area contributed by atoms with Gasteiger partial charge in [0.1, 0.15) is 12.4 Å². The highest BCUT2D eigenvalue weighted by Crippen LogP contribution is 2.28. The van der Waals surface area contributed by atoms with Gasteiger partial charge in [0.2, 0.25) is 0 Å². The first kappa shape index (κ1) is 13.4. The van der Waals surface area contributed by atoms with E-state index in [4.69, 9.17) is 21.4 Å². The van der Waals surface area contributed by atoms with Crippen LogP contribution >= 0.6 is 11.6 Å². The van der Waals surface area contributed by atoms with E-state index in [0.29, 0.717) is 6.61 Å². The lowest BCUT2D eigenvalue weighted by Crippen LogP contribution is -2.24. The molecule has 0 spiro atoms. The van der Waals surface area contributed by atoms with Crippen molar-refractivity contribution in [1.29, 1.82) is 0 Å². The van der Waals surface area contributed by atoms with Gasteiger partial charge in [0.15, 0.2) is 0 Å². The van der Waals surface area contributed by atoms with Gasteiger partial charge in [-0.15, -0.1) is 0 Å². The van der Waals surface area contributed by atoms with Crippen molar-refractivity contribution in [2.45, 2.75) is 19.4 Å². The molecular weight excluding hydrogens is 250 g/mol. The normalized spacial score (nSPS) is 15.6. The average Bonchev–Trinajstić information content (AvgIpc) is 2.34. The van der Waals surface area contributed by atoms with E-state index in [0.717, 1.165) is 35.8 Å². The Kier molecular flexibility index (Phi) is 4.64. The largest absolute Gasteiger partial charge is 0.489 e. The maximum absolute atomic E-state index is 9.16. The molecule has 2 rings (SSSR count). The van der Waals surface area contributed by atoms with Crippen LogP contribution in [0.1, 0.15) is 18.9 Å². The van der Waals surface area contributed by atoms with Gasteiger partial charge in [0.05, 0.1) is 6.10 Å². The van der Waals surface area contributed by atoms with E-state index in [2.05, 4.69) is 11.4 Å². The SMILES string of the molecule is CC(O)CCNCC1=Cc2cc(Cl)ccc2OC1. The first-order chi connectivity index (χ1) is 8.65. The van der Waals surface area contributed by atoms with Crippen LogP contribution in [0.25, 0.3) is 6.08 Å². The summed E-state index contributed by atoms with van der Waals surface area (Å²) in [6.07, 6.45) is 2.62. The Labute approximate surface area is 112 Å². The number of ether oxygens (including phenoxy) is 1. The zero-order valence-electron chi connectivity index (χ0n) is 10.4. The maximum atomic E-state index is 9.16. The van der Waals surface area contributed by atoms with Gasteiger partial charge in [0.25, 0.3) is 0 Å². The minimum atomic E-state index is -0.256. The van der Waals surface area contributed by atoms with Crippen molar-refractivity contribution in [1.82, 2.24) is 5.32 Å². The van der Waals surface area contributed by atoms with Gasteiger partial charge in [-0.3, -0.25) is 0 Å². The monoisotopic (exact) mass is 267 g/mol. The highest BCUT2D eigenvalue weighted by Gasteiger charge is 2.11. The Hall–Kier alpha value is -1.03. The predicted molar refractivity (Wildman–Crippen MR) is 74.1 cm³/mol. The predicted octanol–water partition coefficient (Wildman–Crippen LogP) is 2.48. The van der Waals surface area contributed by atoms with Crippen LogP contribution in [0.2, 0.25) is 5.02 Å². The molecule has 1 aromatic carbocycles. The lowest BCUT2D eigenvalue weighted by Gasteiger charge is -2.18. The topological polar surface area (TPSA) is 41.5 Å². The number of nitrogens with one attached hydrogen (secondary N) is 1. The van der Waals surface area contributed by atoms with Crippen LogP contribution in [-0.2, 0) is 0 Å². The number of fused-ring (bicyclic) bond motifs is 1. The standard InChI is InChI=1S/C14H18ClNO2/c1-10(17)4-5-16-8-11-6-12-7-13(15)2-3-14(12)18-9-11/h2-3,6-7,10,16-17H,4-5,8-9H2,1H3. The van der Waals surface area contributed by atoms with Crippen LogP contribution in [0.15, 0.2) is 23.8 Å². The van der Waals surface area contributed by atoms with E-state index in [1.807, 2.05) is 18.2 Å². The Bertz CT molecular complexity index is 443. The summed E-state index contributed by atoms with van der Waals surface area (Å²) < 4.78 is 5.65. The van der Waals surface area contributed by atoms with Crippen LogP contribution < -0.4 is 10.1 Å². The number of aliphatic hydroxyl groups is 1. The van der Waals surface area contributed by atoms with Crippen molar-refractivity contribution in [3.63, 3.8) is 0 Å². The number of hydrogen-bond donors (Lipinski definition) is 2. The van der Waals surface area contributed by atoms with Crippen molar-refractivity contribution >= 4 is 17.7 Å². The Balaban J connectivity index is 1.91. The Morgan fingerprint density at radius 3 is 3.11 bits per heavy atom. The summed E-state index contributed by atoms with van der Waals surface area (Å²) in [4.78, 5) is 0. The van der Waals surface area contributed by atoms with Gasteiger partial charge in [-0.05, 0) is 49.7 Å². The van der Waals surface area contributed by atoms with E-state index in [9.17, 15) is 0 Å². The molecule has 0 saturated carbocycles. The van der Waals surface area contributed by atoms with E-state index < -0.39 is 0 Å². The molecule has 18 heavy (non-hydrogen) atoms. The minimum Gasteiger partial charge on any atom is -0.489 e. The van der Waals surface area contributed by atoms with Crippen molar-refractivity contribution in [2.24, 2.45) is 0 Å². The molecule has 4 heteroatoms. The molecule has 2 N–H and O–H groups in total. The maximum Gasteiger partial charge on any atom is 0.127 e. The Morgan fingerprint density at radius 1 is 1.50 bits per heavy atom. The molecule has 0 amide bonds. The third-order valence-electron chi connectivity index (χ3n) is 2.84. The molecular formula is C14H18ClNO2. The number of benzene rings is 1. The van der Waals surface area contributed by atoms with E-state index in [1.165, 1.54) is 5.57 Å². The van der Waals surface area contributed by atoms with Crippen molar-refractivity contribution in [2.75, 3.05) is 19.7 Å². The highest BCUT2D eigenvalue weighted by atomic mass is 35.5. The molecule has 1 aliphatic heterocycles. The summed E-state index contributed by atoms with van der Waals surface area (Å²) in [6.45, 7) is 3.98. The second kappa shape index (κ2) is 6.23. The van der Waals surface area contributed by atoms with Gasteiger partial charge >= 0.3 is 0 Å². The molecule has 0 radical (unpaired) electrons. The summed E-state index contributed by atoms with van der Waals surface area (Å²) in [7, 11) is 0. The first-order valence-electron chi connectivity index (χ1n) is 6.16. The van der Waals surface area contributed by atoms with Gasteiger partial charge < -0.3 is 15.2 Å². The number of aliphatic hydroxyl groups excluding tert-OH is 1. The van der Waals surface area contributed by atoms with E-state index in [-0.39, 0.29) is 6.10 Å². The van der Waals surface area contributed by atoms with Crippen LogP contribution in [-0.4, -0.2) is 30.9 Å². The molecule has 0 saturated heterocycles. The summed E-state index contributed by atoms with van der Waals surface area (Å²) >= 11 is 5.96. The summed E-state index contributed by atoms with van der Waals surface area (Å²) in [5.41, 5.74) is 2.22. The number of rotatable bonds is 5. The third-order valence-corrected chi connectivity index (χ3v) is 3.07. The molecule has 0 aliphatic carbocycles. The smallest absolute Gasteiger partial charge is 0.127 e. The average molecular weight is 268 g/mol. The Morgan fingerprint density at radius 2 is 2.33 bits per heavy atom. The molecule has 1 atom stereocenters. The second-order valence-electron chi connectivity index (χ2n) is 4.59. The van der Waals surface area contributed by atoms with Crippen molar-refractivity contribution < 1.29 is 9.84 Å². The molecule has 0 fully saturated rings. The van der Waals surface area contributed by atoms with E-state index >= 15 is 0 Å². The van der Waals surface area contributed by atoms with Crippen LogP contribution in [0, 0.1) is 0 Å². The zero-order chi connectivity index (χ0) is 13.0. The molecule has 1 unspecified atom stereocenters. The lowest BCUT2D eigenvalue weighted by molar-refractivity contribution is 0.184. The highest BCUT2D eigenvalue weighted by molar-refractivity contribution is 6.30. The quantitative estimate of drug-likeness (QED) is 0.806. The molecule has 1 aliphatic rings.